The quantitative estimate of drug-likeness (QED) is 0.298. The number of hydrogen-bond acceptors (Lipinski definition) is 4. The number of nitrogens with zero attached hydrogens (tertiary/aromatic N) is 2. The van der Waals surface area contributed by atoms with E-state index in [1.165, 1.54) is 0 Å². The summed E-state index contributed by atoms with van der Waals surface area (Å²) in [5, 5.41) is 6.23. The SMILES string of the molecule is CN=C(NCC(=O)OC(C)(C)C)NC1CCN(C(C)=O)CC1.I. The van der Waals surface area contributed by atoms with Crippen LogP contribution in [-0.4, -0.2) is 61.1 Å². The Morgan fingerprint density at radius 3 is 2.26 bits per heavy atom. The number of halogens is 1. The molecule has 1 saturated heterocycles. The molecule has 0 aromatic rings. The summed E-state index contributed by atoms with van der Waals surface area (Å²) in [6.07, 6.45) is 1.74. The molecule has 0 aliphatic carbocycles. The van der Waals surface area contributed by atoms with E-state index in [0.717, 1.165) is 25.9 Å². The lowest BCUT2D eigenvalue weighted by Gasteiger charge is -2.32. The van der Waals surface area contributed by atoms with Crippen LogP contribution in [0.5, 0.6) is 0 Å². The number of piperidine rings is 1. The van der Waals surface area contributed by atoms with E-state index >= 15 is 0 Å². The van der Waals surface area contributed by atoms with Gasteiger partial charge in [0.25, 0.3) is 0 Å². The minimum atomic E-state index is -0.491. The van der Waals surface area contributed by atoms with Crippen LogP contribution >= 0.6 is 24.0 Å². The second-order valence-electron chi connectivity index (χ2n) is 6.44. The lowest BCUT2D eigenvalue weighted by atomic mass is 10.1. The Morgan fingerprint density at radius 2 is 1.83 bits per heavy atom. The monoisotopic (exact) mass is 440 g/mol. The van der Waals surface area contributed by atoms with Crippen LogP contribution in [0.1, 0.15) is 40.5 Å². The average Bonchev–Trinajstić information content (AvgIpc) is 2.42. The molecule has 0 saturated carbocycles. The molecule has 1 fully saturated rings. The second kappa shape index (κ2) is 9.94. The highest BCUT2D eigenvalue weighted by Crippen LogP contribution is 2.10. The first-order valence-corrected chi connectivity index (χ1v) is 7.66. The van der Waals surface area contributed by atoms with Crippen molar-refractivity contribution >= 4 is 41.8 Å². The zero-order valence-corrected chi connectivity index (χ0v) is 17.0. The molecule has 1 amide bonds. The van der Waals surface area contributed by atoms with Gasteiger partial charge >= 0.3 is 5.97 Å². The summed E-state index contributed by atoms with van der Waals surface area (Å²) in [5.41, 5.74) is -0.491. The summed E-state index contributed by atoms with van der Waals surface area (Å²) in [6, 6.07) is 0.250. The standard InChI is InChI=1S/C15H28N4O3.HI/c1-11(20)19-8-6-12(7-9-19)18-14(16-5)17-10-13(21)22-15(2,3)4;/h12H,6-10H2,1-5H3,(H2,16,17,18);1H. The number of carbonyl (C=O) groups is 2. The highest BCUT2D eigenvalue weighted by atomic mass is 127. The molecule has 0 radical (unpaired) electrons. The number of amides is 1. The zero-order valence-electron chi connectivity index (χ0n) is 14.6. The Hall–Kier alpha value is -1.06. The molecule has 134 valence electrons. The van der Waals surface area contributed by atoms with Crippen molar-refractivity contribution in [1.82, 2.24) is 15.5 Å². The Labute approximate surface area is 155 Å². The first-order chi connectivity index (χ1) is 10.2. The van der Waals surface area contributed by atoms with Gasteiger partial charge in [-0.15, -0.1) is 24.0 Å². The van der Waals surface area contributed by atoms with Gasteiger partial charge in [-0.2, -0.15) is 0 Å². The van der Waals surface area contributed by atoms with Gasteiger partial charge in [0.2, 0.25) is 5.91 Å². The molecule has 0 bridgehead atoms. The molecule has 1 aliphatic heterocycles. The predicted octanol–water partition coefficient (Wildman–Crippen LogP) is 1.12. The fourth-order valence-electron chi connectivity index (χ4n) is 2.26. The third kappa shape index (κ3) is 8.97. The number of rotatable bonds is 3. The molecule has 0 aromatic carbocycles. The van der Waals surface area contributed by atoms with Gasteiger partial charge in [-0.25, -0.2) is 0 Å². The third-order valence-corrected chi connectivity index (χ3v) is 3.32. The van der Waals surface area contributed by atoms with Crippen molar-refractivity contribution in [3.63, 3.8) is 0 Å². The predicted molar refractivity (Wildman–Crippen MR) is 101 cm³/mol. The number of hydrogen-bond donors (Lipinski definition) is 2. The van der Waals surface area contributed by atoms with Gasteiger partial charge in [-0.1, -0.05) is 0 Å². The molecular formula is C15H29IN4O3. The maximum Gasteiger partial charge on any atom is 0.325 e. The van der Waals surface area contributed by atoms with E-state index in [4.69, 9.17) is 4.74 Å². The Kier molecular flexibility index (Phi) is 9.48. The van der Waals surface area contributed by atoms with Gasteiger partial charge in [-0.3, -0.25) is 14.6 Å². The molecule has 0 spiro atoms. The maximum atomic E-state index is 11.7. The van der Waals surface area contributed by atoms with Crippen LogP contribution < -0.4 is 10.6 Å². The molecule has 8 heteroatoms. The molecule has 2 N–H and O–H groups in total. The summed E-state index contributed by atoms with van der Waals surface area (Å²) in [6.45, 7) is 8.66. The lowest BCUT2D eigenvalue weighted by Crippen LogP contribution is -2.50. The summed E-state index contributed by atoms with van der Waals surface area (Å²) in [5.74, 6) is 0.375. The van der Waals surface area contributed by atoms with E-state index < -0.39 is 5.60 Å². The molecule has 0 unspecified atom stereocenters. The van der Waals surface area contributed by atoms with Gasteiger partial charge in [0.15, 0.2) is 5.96 Å². The zero-order chi connectivity index (χ0) is 16.8. The van der Waals surface area contributed by atoms with Crippen molar-refractivity contribution in [2.45, 2.75) is 52.2 Å². The Morgan fingerprint density at radius 1 is 1.26 bits per heavy atom. The topological polar surface area (TPSA) is 83.0 Å². The average molecular weight is 440 g/mol. The number of nitrogens with one attached hydrogen (secondary N) is 2. The Balaban J connectivity index is 0.00000484. The Bertz CT molecular complexity index is 427. The van der Waals surface area contributed by atoms with Crippen LogP contribution in [0.2, 0.25) is 0 Å². The number of likely N-dealkylation sites (tertiary alicyclic amines) is 1. The fourth-order valence-corrected chi connectivity index (χ4v) is 2.26. The van der Waals surface area contributed by atoms with Crippen LogP contribution in [0.25, 0.3) is 0 Å². The van der Waals surface area contributed by atoms with Gasteiger partial charge in [-0.05, 0) is 33.6 Å². The van der Waals surface area contributed by atoms with Crippen LogP contribution in [0.3, 0.4) is 0 Å². The molecular weight excluding hydrogens is 411 g/mol. The number of carbonyl (C=O) groups excluding carboxylic acids is 2. The van der Waals surface area contributed by atoms with E-state index in [0.29, 0.717) is 5.96 Å². The molecule has 0 atom stereocenters. The highest BCUT2D eigenvalue weighted by Gasteiger charge is 2.22. The summed E-state index contributed by atoms with van der Waals surface area (Å²) in [7, 11) is 1.66. The first kappa shape index (κ1) is 21.9. The van der Waals surface area contributed by atoms with Crippen molar-refractivity contribution in [2.24, 2.45) is 4.99 Å². The summed E-state index contributed by atoms with van der Waals surface area (Å²) < 4.78 is 5.23. The number of guanidine groups is 1. The van der Waals surface area contributed by atoms with Crippen molar-refractivity contribution in [3.05, 3.63) is 0 Å². The lowest BCUT2D eigenvalue weighted by molar-refractivity contribution is -0.153. The van der Waals surface area contributed by atoms with E-state index in [9.17, 15) is 9.59 Å². The van der Waals surface area contributed by atoms with Crippen molar-refractivity contribution in [3.8, 4) is 0 Å². The summed E-state index contributed by atoms with van der Waals surface area (Å²) >= 11 is 0. The molecule has 1 heterocycles. The normalized spacial score (nSPS) is 16.4. The van der Waals surface area contributed by atoms with Gasteiger partial charge < -0.3 is 20.3 Å². The number of ether oxygens (including phenoxy) is 1. The van der Waals surface area contributed by atoms with Crippen LogP contribution in [-0.2, 0) is 14.3 Å². The smallest absolute Gasteiger partial charge is 0.325 e. The second-order valence-corrected chi connectivity index (χ2v) is 6.44. The van der Waals surface area contributed by atoms with Gasteiger partial charge in [0, 0.05) is 33.1 Å². The number of aliphatic imine (C=N–C) groups is 1. The molecule has 23 heavy (non-hydrogen) atoms. The van der Waals surface area contributed by atoms with E-state index in [1.54, 1.807) is 14.0 Å². The van der Waals surface area contributed by atoms with Gasteiger partial charge in [0.1, 0.15) is 12.1 Å². The van der Waals surface area contributed by atoms with Crippen molar-refractivity contribution in [1.29, 1.82) is 0 Å². The van der Waals surface area contributed by atoms with E-state index in [2.05, 4.69) is 15.6 Å². The molecule has 0 aromatic heterocycles. The fraction of sp³-hybridized carbons (Fsp3) is 0.800. The van der Waals surface area contributed by atoms with E-state index in [-0.39, 0.29) is 48.4 Å². The largest absolute Gasteiger partial charge is 0.459 e. The maximum absolute atomic E-state index is 11.7. The van der Waals surface area contributed by atoms with Crippen LogP contribution in [0, 0.1) is 0 Å². The van der Waals surface area contributed by atoms with Crippen LogP contribution in [0.4, 0.5) is 0 Å². The minimum Gasteiger partial charge on any atom is -0.459 e. The van der Waals surface area contributed by atoms with Gasteiger partial charge in [0.05, 0.1) is 0 Å². The molecule has 1 rings (SSSR count). The van der Waals surface area contributed by atoms with Crippen LogP contribution in [0.15, 0.2) is 4.99 Å². The molecule has 7 nitrogen and oxygen atoms in total. The minimum absolute atomic E-state index is 0. The molecule has 1 aliphatic rings. The van der Waals surface area contributed by atoms with Crippen molar-refractivity contribution < 1.29 is 14.3 Å². The van der Waals surface area contributed by atoms with E-state index in [1.807, 2.05) is 25.7 Å². The summed E-state index contributed by atoms with van der Waals surface area (Å²) in [4.78, 5) is 28.9. The number of esters is 1. The first-order valence-electron chi connectivity index (χ1n) is 7.66. The highest BCUT2D eigenvalue weighted by molar-refractivity contribution is 14.0. The van der Waals surface area contributed by atoms with Crippen molar-refractivity contribution in [2.75, 3.05) is 26.7 Å². The third-order valence-electron chi connectivity index (χ3n) is 3.32.